The number of hydrogen-bond acceptors (Lipinski definition) is 4. The molecule has 2 aliphatic rings. The zero-order chi connectivity index (χ0) is 14.6. The Morgan fingerprint density at radius 1 is 1.20 bits per heavy atom. The lowest BCUT2D eigenvalue weighted by Crippen LogP contribution is -2.47. The highest BCUT2D eigenvalue weighted by atomic mass is 32.2. The Labute approximate surface area is 122 Å². The Balaban J connectivity index is 2.15. The van der Waals surface area contributed by atoms with Crippen LogP contribution in [0.5, 0.6) is 0 Å². The van der Waals surface area contributed by atoms with Gasteiger partial charge >= 0.3 is 0 Å². The quantitative estimate of drug-likeness (QED) is 0.855. The molecule has 2 fully saturated rings. The van der Waals surface area contributed by atoms with E-state index in [-0.39, 0.29) is 11.3 Å². The van der Waals surface area contributed by atoms with Crippen LogP contribution in [0.2, 0.25) is 0 Å². The average Bonchev–Trinajstić information content (AvgIpc) is 2.65. The van der Waals surface area contributed by atoms with Gasteiger partial charge in [0.05, 0.1) is 11.4 Å². The van der Waals surface area contributed by atoms with Crippen LogP contribution in [0.25, 0.3) is 0 Å². The van der Waals surface area contributed by atoms with Crippen LogP contribution in [0.15, 0.2) is 0 Å². The molecule has 2 aliphatic heterocycles. The van der Waals surface area contributed by atoms with Crippen LogP contribution < -0.4 is 0 Å². The molecule has 6 heteroatoms. The van der Waals surface area contributed by atoms with E-state index in [0.717, 1.165) is 25.7 Å². The minimum atomic E-state index is -3.26. The molecule has 0 saturated carbocycles. The van der Waals surface area contributed by atoms with E-state index in [1.54, 1.807) is 11.2 Å². The van der Waals surface area contributed by atoms with Crippen LogP contribution in [-0.4, -0.2) is 55.0 Å². The molecule has 0 bridgehead atoms. The third-order valence-corrected chi connectivity index (χ3v) is 6.80. The summed E-state index contributed by atoms with van der Waals surface area (Å²) in [6.07, 6.45) is 5.22. The SMILES string of the molecule is CC(O)CC1CCCCCN1S(=O)(=O)C1CCOCC1. The van der Waals surface area contributed by atoms with Crippen molar-refractivity contribution in [1.82, 2.24) is 4.31 Å². The summed E-state index contributed by atoms with van der Waals surface area (Å²) in [6.45, 7) is 3.43. The zero-order valence-corrected chi connectivity index (χ0v) is 13.1. The second-order valence-electron chi connectivity index (χ2n) is 6.06. The molecule has 2 rings (SSSR count). The van der Waals surface area contributed by atoms with E-state index in [0.29, 0.717) is 39.0 Å². The smallest absolute Gasteiger partial charge is 0.217 e. The number of hydrogen-bond donors (Lipinski definition) is 1. The third-order valence-electron chi connectivity index (χ3n) is 4.35. The third kappa shape index (κ3) is 3.93. The molecule has 1 N–H and O–H groups in total. The topological polar surface area (TPSA) is 66.8 Å². The fraction of sp³-hybridized carbons (Fsp3) is 1.00. The Bertz CT molecular complexity index is 390. The van der Waals surface area contributed by atoms with Crippen LogP contribution in [-0.2, 0) is 14.8 Å². The van der Waals surface area contributed by atoms with Crippen molar-refractivity contribution in [3.63, 3.8) is 0 Å². The Morgan fingerprint density at radius 2 is 1.90 bits per heavy atom. The van der Waals surface area contributed by atoms with E-state index in [2.05, 4.69) is 0 Å². The zero-order valence-electron chi connectivity index (χ0n) is 12.3. The lowest BCUT2D eigenvalue weighted by molar-refractivity contribution is 0.0958. The molecule has 0 aliphatic carbocycles. The summed E-state index contributed by atoms with van der Waals surface area (Å²) in [4.78, 5) is 0. The summed E-state index contributed by atoms with van der Waals surface area (Å²) >= 11 is 0. The standard InChI is InChI=1S/C14H27NO4S/c1-12(16)11-13-5-3-2-4-8-15(13)20(17,18)14-6-9-19-10-7-14/h12-14,16H,2-11H2,1H3. The summed E-state index contributed by atoms with van der Waals surface area (Å²) in [6, 6.07) is -0.0367. The first-order chi connectivity index (χ1) is 9.51. The number of nitrogens with zero attached hydrogens (tertiary/aromatic N) is 1. The minimum absolute atomic E-state index is 0.0367. The van der Waals surface area contributed by atoms with Gasteiger partial charge in [0.25, 0.3) is 0 Å². The molecule has 0 aromatic rings. The molecule has 0 aromatic heterocycles. The number of ether oxygens (including phenoxy) is 1. The first-order valence-corrected chi connectivity index (χ1v) is 9.28. The molecule has 0 spiro atoms. The molecule has 0 radical (unpaired) electrons. The van der Waals surface area contributed by atoms with Gasteiger partial charge in [0.2, 0.25) is 10.0 Å². The van der Waals surface area contributed by atoms with Crippen LogP contribution in [0.3, 0.4) is 0 Å². The van der Waals surface area contributed by atoms with Crippen molar-refractivity contribution in [1.29, 1.82) is 0 Å². The lowest BCUT2D eigenvalue weighted by Gasteiger charge is -2.34. The fourth-order valence-corrected chi connectivity index (χ4v) is 5.44. The van der Waals surface area contributed by atoms with Crippen LogP contribution in [0.1, 0.15) is 51.9 Å². The number of aliphatic hydroxyl groups is 1. The molecular weight excluding hydrogens is 278 g/mol. The van der Waals surface area contributed by atoms with Crippen molar-refractivity contribution in [3.05, 3.63) is 0 Å². The van der Waals surface area contributed by atoms with Gasteiger partial charge in [0.15, 0.2) is 0 Å². The van der Waals surface area contributed by atoms with Gasteiger partial charge in [0.1, 0.15) is 0 Å². The van der Waals surface area contributed by atoms with Crippen LogP contribution >= 0.6 is 0 Å². The van der Waals surface area contributed by atoms with Crippen molar-refractivity contribution in [2.75, 3.05) is 19.8 Å². The maximum Gasteiger partial charge on any atom is 0.217 e. The summed E-state index contributed by atoms with van der Waals surface area (Å²) in [5, 5.41) is 9.35. The Kier molecular flexibility index (Phi) is 5.84. The molecule has 0 aromatic carbocycles. The highest BCUT2D eigenvalue weighted by molar-refractivity contribution is 7.89. The first kappa shape index (κ1) is 16.2. The van der Waals surface area contributed by atoms with Gasteiger partial charge in [-0.05, 0) is 39.0 Å². The number of aliphatic hydroxyl groups excluding tert-OH is 1. The summed E-state index contributed by atoms with van der Waals surface area (Å²) < 4.78 is 32.7. The molecule has 20 heavy (non-hydrogen) atoms. The second kappa shape index (κ2) is 7.20. The van der Waals surface area contributed by atoms with Gasteiger partial charge in [-0.2, -0.15) is 4.31 Å². The van der Waals surface area contributed by atoms with E-state index in [4.69, 9.17) is 4.74 Å². The van der Waals surface area contributed by atoms with Crippen molar-refractivity contribution >= 4 is 10.0 Å². The Morgan fingerprint density at radius 3 is 2.55 bits per heavy atom. The monoisotopic (exact) mass is 305 g/mol. The van der Waals surface area contributed by atoms with Gasteiger partial charge in [-0.1, -0.05) is 12.8 Å². The molecule has 2 atom stereocenters. The average molecular weight is 305 g/mol. The normalized spacial score (nSPS) is 29.0. The van der Waals surface area contributed by atoms with E-state index >= 15 is 0 Å². The van der Waals surface area contributed by atoms with Crippen molar-refractivity contribution in [3.8, 4) is 0 Å². The van der Waals surface area contributed by atoms with E-state index < -0.39 is 16.1 Å². The van der Waals surface area contributed by atoms with Gasteiger partial charge in [-0.15, -0.1) is 0 Å². The largest absolute Gasteiger partial charge is 0.393 e. The van der Waals surface area contributed by atoms with Crippen molar-refractivity contribution < 1.29 is 18.3 Å². The predicted molar refractivity (Wildman–Crippen MR) is 78.0 cm³/mol. The van der Waals surface area contributed by atoms with E-state index in [1.165, 1.54) is 0 Å². The fourth-order valence-electron chi connectivity index (χ4n) is 3.28. The molecule has 2 heterocycles. The van der Waals surface area contributed by atoms with Crippen LogP contribution in [0, 0.1) is 0 Å². The highest BCUT2D eigenvalue weighted by Gasteiger charge is 2.37. The minimum Gasteiger partial charge on any atom is -0.393 e. The van der Waals surface area contributed by atoms with Gasteiger partial charge < -0.3 is 9.84 Å². The number of rotatable bonds is 4. The highest BCUT2D eigenvalue weighted by Crippen LogP contribution is 2.28. The molecule has 0 amide bonds. The molecular formula is C14H27NO4S. The second-order valence-corrected chi connectivity index (χ2v) is 8.22. The summed E-state index contributed by atoms with van der Waals surface area (Å²) in [5.41, 5.74) is 0. The summed E-state index contributed by atoms with van der Waals surface area (Å²) in [7, 11) is -3.26. The van der Waals surface area contributed by atoms with Gasteiger partial charge in [-0.3, -0.25) is 0 Å². The van der Waals surface area contributed by atoms with E-state index in [1.807, 2.05) is 0 Å². The van der Waals surface area contributed by atoms with E-state index in [9.17, 15) is 13.5 Å². The molecule has 118 valence electrons. The maximum absolute atomic E-state index is 12.9. The lowest BCUT2D eigenvalue weighted by atomic mass is 10.1. The maximum atomic E-state index is 12.9. The molecule has 2 saturated heterocycles. The first-order valence-electron chi connectivity index (χ1n) is 7.78. The summed E-state index contributed by atoms with van der Waals surface area (Å²) in [5.74, 6) is 0. The van der Waals surface area contributed by atoms with Crippen molar-refractivity contribution in [2.24, 2.45) is 0 Å². The van der Waals surface area contributed by atoms with Crippen LogP contribution in [0.4, 0.5) is 0 Å². The predicted octanol–water partition coefficient (Wildman–Crippen LogP) is 1.51. The number of sulfonamides is 1. The van der Waals surface area contributed by atoms with Gasteiger partial charge in [0, 0.05) is 25.8 Å². The Hall–Kier alpha value is -0.170. The molecule has 5 nitrogen and oxygen atoms in total. The van der Waals surface area contributed by atoms with Gasteiger partial charge in [-0.25, -0.2) is 8.42 Å². The van der Waals surface area contributed by atoms with Crippen molar-refractivity contribution in [2.45, 2.75) is 69.3 Å². The molecule has 2 unspecified atom stereocenters.